The molecule has 0 bridgehead atoms. The van der Waals surface area contributed by atoms with Gasteiger partial charge in [0.15, 0.2) is 0 Å². The highest BCUT2D eigenvalue weighted by Crippen LogP contribution is 2.27. The minimum absolute atomic E-state index is 0.430. The van der Waals surface area contributed by atoms with Gasteiger partial charge in [-0.05, 0) is 142 Å². The van der Waals surface area contributed by atoms with Crippen LogP contribution in [0.1, 0.15) is 175 Å². The first kappa shape index (κ1) is 40.1. The predicted molar refractivity (Wildman–Crippen MR) is 187 cm³/mol. The number of rotatable bonds is 32. The molecule has 1 unspecified atom stereocenters. The minimum atomic E-state index is 0.430. The Morgan fingerprint density at radius 2 is 0.878 bits per heavy atom. The zero-order valence-electron chi connectivity index (χ0n) is 28.9. The van der Waals surface area contributed by atoms with E-state index in [2.05, 4.69) is 76.2 Å². The zero-order chi connectivity index (χ0) is 30.1. The summed E-state index contributed by atoms with van der Waals surface area (Å²) in [4.78, 5) is 2.30. The summed E-state index contributed by atoms with van der Waals surface area (Å²) >= 11 is 0. The van der Waals surface area contributed by atoms with E-state index in [-0.39, 0.29) is 0 Å². The standard InChI is InChI=1S/C39H75NO/c1-6-9-12-15-18-21-24-28-33-38(34-29-25-22-19-16-13-10-7-2)39(41-37-32-27-31-36-40(4)5)35-30-26-23-20-17-14-11-8-3/h18-23,38-39H,6-17,24-37H2,1-5H3/b21-18+,22-19+,23-20+. The number of hydrogen-bond donors (Lipinski definition) is 0. The number of unbranched alkanes of at least 4 members (excludes halogenated alkanes) is 14. The molecule has 2 heteroatoms. The summed E-state index contributed by atoms with van der Waals surface area (Å²) in [7, 11) is 4.35. The van der Waals surface area contributed by atoms with Gasteiger partial charge in [0.2, 0.25) is 0 Å². The first-order valence-electron chi connectivity index (χ1n) is 18.4. The third-order valence-electron chi connectivity index (χ3n) is 8.28. The molecule has 41 heavy (non-hydrogen) atoms. The lowest BCUT2D eigenvalue weighted by molar-refractivity contribution is -0.00271. The highest BCUT2D eigenvalue weighted by atomic mass is 16.5. The summed E-state index contributed by atoms with van der Waals surface area (Å²) in [5, 5.41) is 0. The molecule has 0 aliphatic rings. The Morgan fingerprint density at radius 3 is 1.29 bits per heavy atom. The summed E-state index contributed by atoms with van der Waals surface area (Å²) in [6.45, 7) is 9.00. The average Bonchev–Trinajstić information content (AvgIpc) is 2.96. The van der Waals surface area contributed by atoms with E-state index in [0.29, 0.717) is 12.0 Å². The molecule has 0 fully saturated rings. The van der Waals surface area contributed by atoms with Gasteiger partial charge in [0.05, 0.1) is 6.10 Å². The summed E-state index contributed by atoms with van der Waals surface area (Å²) in [5.74, 6) is 0.701. The van der Waals surface area contributed by atoms with Crippen LogP contribution in [-0.4, -0.2) is 38.3 Å². The van der Waals surface area contributed by atoms with Gasteiger partial charge in [0.25, 0.3) is 0 Å². The Hall–Kier alpha value is -0.860. The lowest BCUT2D eigenvalue weighted by Crippen LogP contribution is -2.25. The molecule has 0 amide bonds. The van der Waals surface area contributed by atoms with Crippen molar-refractivity contribution in [1.29, 1.82) is 0 Å². The molecule has 0 aliphatic carbocycles. The smallest absolute Gasteiger partial charge is 0.0603 e. The largest absolute Gasteiger partial charge is 0.378 e. The fourth-order valence-electron chi connectivity index (χ4n) is 5.59. The van der Waals surface area contributed by atoms with Crippen LogP contribution >= 0.6 is 0 Å². The van der Waals surface area contributed by atoms with Crippen LogP contribution in [0.3, 0.4) is 0 Å². The maximum atomic E-state index is 6.74. The molecule has 0 heterocycles. The van der Waals surface area contributed by atoms with E-state index >= 15 is 0 Å². The van der Waals surface area contributed by atoms with Crippen LogP contribution in [0.4, 0.5) is 0 Å². The molecular weight excluding hydrogens is 498 g/mol. The molecule has 0 saturated carbocycles. The molecule has 0 N–H and O–H groups in total. The molecule has 0 aromatic carbocycles. The monoisotopic (exact) mass is 574 g/mol. The molecule has 2 nitrogen and oxygen atoms in total. The first-order chi connectivity index (χ1) is 20.2. The van der Waals surface area contributed by atoms with Crippen LogP contribution in [-0.2, 0) is 4.74 Å². The van der Waals surface area contributed by atoms with Crippen molar-refractivity contribution >= 4 is 0 Å². The molecule has 242 valence electrons. The fourth-order valence-corrected chi connectivity index (χ4v) is 5.59. The van der Waals surface area contributed by atoms with Gasteiger partial charge in [0.1, 0.15) is 0 Å². The van der Waals surface area contributed by atoms with Crippen LogP contribution in [0.25, 0.3) is 0 Å². The van der Waals surface area contributed by atoms with Gasteiger partial charge in [-0.2, -0.15) is 0 Å². The van der Waals surface area contributed by atoms with Gasteiger partial charge < -0.3 is 9.64 Å². The third kappa shape index (κ3) is 30.4. The highest BCUT2D eigenvalue weighted by Gasteiger charge is 2.21. The van der Waals surface area contributed by atoms with Crippen molar-refractivity contribution in [3.05, 3.63) is 36.5 Å². The van der Waals surface area contributed by atoms with Gasteiger partial charge in [-0.25, -0.2) is 0 Å². The van der Waals surface area contributed by atoms with Crippen molar-refractivity contribution in [3.63, 3.8) is 0 Å². The van der Waals surface area contributed by atoms with Crippen molar-refractivity contribution in [2.24, 2.45) is 5.92 Å². The lowest BCUT2D eigenvalue weighted by atomic mass is 9.87. The summed E-state index contributed by atoms with van der Waals surface area (Å²) in [5.41, 5.74) is 0. The molecule has 0 saturated heterocycles. The highest BCUT2D eigenvalue weighted by molar-refractivity contribution is 4.85. The number of hydrogen-bond acceptors (Lipinski definition) is 2. The Morgan fingerprint density at radius 1 is 0.463 bits per heavy atom. The second kappa shape index (κ2) is 33.6. The summed E-state index contributed by atoms with van der Waals surface area (Å²) in [6.07, 6.45) is 46.1. The number of allylic oxidation sites excluding steroid dienone is 6. The first-order valence-corrected chi connectivity index (χ1v) is 18.4. The van der Waals surface area contributed by atoms with E-state index < -0.39 is 0 Å². The van der Waals surface area contributed by atoms with Crippen LogP contribution in [0.15, 0.2) is 36.5 Å². The van der Waals surface area contributed by atoms with Crippen molar-refractivity contribution < 1.29 is 4.74 Å². The molecule has 0 aliphatic heterocycles. The normalized spacial score (nSPS) is 13.2. The summed E-state index contributed by atoms with van der Waals surface area (Å²) in [6, 6.07) is 0. The quantitative estimate of drug-likeness (QED) is 0.0586. The third-order valence-corrected chi connectivity index (χ3v) is 8.28. The summed E-state index contributed by atoms with van der Waals surface area (Å²) < 4.78 is 6.74. The van der Waals surface area contributed by atoms with Crippen LogP contribution in [0.2, 0.25) is 0 Å². The van der Waals surface area contributed by atoms with E-state index in [9.17, 15) is 0 Å². The Balaban J connectivity index is 4.95. The van der Waals surface area contributed by atoms with Gasteiger partial charge in [0, 0.05) is 6.61 Å². The van der Waals surface area contributed by atoms with Crippen molar-refractivity contribution in [1.82, 2.24) is 4.90 Å². The Labute approximate surface area is 259 Å². The maximum absolute atomic E-state index is 6.74. The second-order valence-electron chi connectivity index (χ2n) is 12.7. The van der Waals surface area contributed by atoms with Gasteiger partial charge in [-0.3, -0.25) is 0 Å². The minimum Gasteiger partial charge on any atom is -0.378 e. The Bertz CT molecular complexity index is 552. The van der Waals surface area contributed by atoms with Crippen molar-refractivity contribution in [2.45, 2.75) is 181 Å². The molecule has 0 spiro atoms. The number of ether oxygens (including phenoxy) is 1. The molecular formula is C39H75NO. The van der Waals surface area contributed by atoms with Crippen LogP contribution in [0, 0.1) is 5.92 Å². The topological polar surface area (TPSA) is 12.5 Å². The molecule has 0 rings (SSSR count). The maximum Gasteiger partial charge on any atom is 0.0603 e. The molecule has 1 atom stereocenters. The van der Waals surface area contributed by atoms with Gasteiger partial charge >= 0.3 is 0 Å². The van der Waals surface area contributed by atoms with E-state index in [1.54, 1.807) is 0 Å². The Kier molecular flexibility index (Phi) is 32.9. The van der Waals surface area contributed by atoms with Crippen molar-refractivity contribution in [2.75, 3.05) is 27.2 Å². The predicted octanol–water partition coefficient (Wildman–Crippen LogP) is 12.6. The van der Waals surface area contributed by atoms with E-state index in [1.165, 1.54) is 161 Å². The van der Waals surface area contributed by atoms with Crippen molar-refractivity contribution in [3.8, 4) is 0 Å². The molecule has 0 radical (unpaired) electrons. The average molecular weight is 574 g/mol. The molecule has 0 aromatic rings. The van der Waals surface area contributed by atoms with Crippen LogP contribution in [0.5, 0.6) is 0 Å². The molecule has 0 aromatic heterocycles. The van der Waals surface area contributed by atoms with E-state index in [4.69, 9.17) is 4.74 Å². The fraction of sp³-hybridized carbons (Fsp3) is 0.846. The van der Waals surface area contributed by atoms with E-state index in [1.807, 2.05) is 0 Å². The van der Waals surface area contributed by atoms with E-state index in [0.717, 1.165) is 6.61 Å². The van der Waals surface area contributed by atoms with Crippen LogP contribution < -0.4 is 0 Å². The second-order valence-corrected chi connectivity index (χ2v) is 12.7. The van der Waals surface area contributed by atoms with Gasteiger partial charge in [-0.15, -0.1) is 0 Å². The number of nitrogens with zero attached hydrogens (tertiary/aromatic N) is 1. The van der Waals surface area contributed by atoms with Gasteiger partial charge in [-0.1, -0.05) is 95.8 Å². The SMILES string of the molecule is CCCCC/C=C/CCCC(CCC/C=C/CCCCC)C(CCC/C=C/CCCCC)OCCCCCN(C)C. The zero-order valence-corrected chi connectivity index (χ0v) is 28.9. The lowest BCUT2D eigenvalue weighted by Gasteiger charge is -2.28.